The Kier molecular flexibility index (Phi) is 6.64. The summed E-state index contributed by atoms with van der Waals surface area (Å²) in [5.74, 6) is 0.249. The molecular weight excluding hydrogens is 401 g/mol. The molecule has 9 heteroatoms. The normalized spacial score (nSPS) is 11.0. The summed E-state index contributed by atoms with van der Waals surface area (Å²) in [7, 11) is 0. The van der Waals surface area contributed by atoms with E-state index in [2.05, 4.69) is 34.3 Å². The number of nitrogens with zero attached hydrogens (tertiary/aromatic N) is 4. The van der Waals surface area contributed by atoms with Gasteiger partial charge < -0.3 is 9.88 Å². The highest BCUT2D eigenvalue weighted by molar-refractivity contribution is 7.99. The van der Waals surface area contributed by atoms with Gasteiger partial charge in [-0.25, -0.2) is 9.37 Å². The van der Waals surface area contributed by atoms with Gasteiger partial charge in [0.1, 0.15) is 5.82 Å². The summed E-state index contributed by atoms with van der Waals surface area (Å²) in [6, 6.07) is 9.81. The molecule has 28 heavy (non-hydrogen) atoms. The number of carbonyl (C=O) groups is 1. The second kappa shape index (κ2) is 9.16. The zero-order valence-electron chi connectivity index (χ0n) is 15.4. The van der Waals surface area contributed by atoms with E-state index in [4.69, 9.17) is 11.6 Å². The number of nitrogens with one attached hydrogen (secondary N) is 1. The molecule has 0 saturated heterocycles. The molecule has 146 valence electrons. The van der Waals surface area contributed by atoms with Gasteiger partial charge in [-0.3, -0.25) is 4.79 Å². The van der Waals surface area contributed by atoms with Gasteiger partial charge in [-0.2, -0.15) is 0 Å². The third-order valence-corrected chi connectivity index (χ3v) is 5.01. The molecule has 1 amide bonds. The first-order valence-electron chi connectivity index (χ1n) is 8.67. The first-order chi connectivity index (χ1) is 13.5. The summed E-state index contributed by atoms with van der Waals surface area (Å²) in [6.07, 6.45) is 1.55. The molecule has 0 fully saturated rings. The zero-order chi connectivity index (χ0) is 20.1. The van der Waals surface area contributed by atoms with Crippen LogP contribution in [-0.4, -0.2) is 31.4 Å². The van der Waals surface area contributed by atoms with E-state index in [1.807, 2.05) is 4.57 Å². The van der Waals surface area contributed by atoms with Crippen molar-refractivity contribution in [2.24, 2.45) is 5.92 Å². The maximum absolute atomic E-state index is 14.2. The second-order valence-corrected chi connectivity index (χ2v) is 7.77. The van der Waals surface area contributed by atoms with Crippen LogP contribution >= 0.6 is 23.4 Å². The Morgan fingerprint density at radius 2 is 2.04 bits per heavy atom. The Balaban J connectivity index is 1.77. The van der Waals surface area contributed by atoms with Gasteiger partial charge in [0.05, 0.1) is 17.0 Å². The third kappa shape index (κ3) is 4.88. The van der Waals surface area contributed by atoms with Crippen molar-refractivity contribution >= 4 is 35.0 Å². The molecule has 2 heterocycles. The van der Waals surface area contributed by atoms with Crippen LogP contribution in [0.2, 0.25) is 5.15 Å². The molecule has 6 nitrogen and oxygen atoms in total. The van der Waals surface area contributed by atoms with E-state index in [0.29, 0.717) is 34.7 Å². The van der Waals surface area contributed by atoms with Gasteiger partial charge in [0.25, 0.3) is 0 Å². The molecule has 0 aliphatic heterocycles. The average molecular weight is 420 g/mol. The Morgan fingerprint density at radius 1 is 1.25 bits per heavy atom. The van der Waals surface area contributed by atoms with Crippen LogP contribution in [0.3, 0.4) is 0 Å². The van der Waals surface area contributed by atoms with Crippen LogP contribution in [0.4, 0.5) is 10.1 Å². The fraction of sp³-hybridized carbons (Fsp3) is 0.263. The Bertz CT molecular complexity index is 978. The van der Waals surface area contributed by atoms with E-state index in [0.717, 1.165) is 0 Å². The Labute approximate surface area is 171 Å². The number of amides is 1. The van der Waals surface area contributed by atoms with Crippen LogP contribution in [0.1, 0.15) is 13.8 Å². The highest BCUT2D eigenvalue weighted by atomic mass is 35.5. The number of pyridine rings is 1. The number of benzene rings is 1. The molecule has 2 aromatic heterocycles. The predicted octanol–water partition coefficient (Wildman–Crippen LogP) is 4.52. The van der Waals surface area contributed by atoms with Crippen LogP contribution in [0.15, 0.2) is 47.8 Å². The van der Waals surface area contributed by atoms with Crippen molar-refractivity contribution in [3.8, 4) is 11.4 Å². The second-order valence-electron chi connectivity index (χ2n) is 6.47. The predicted molar refractivity (Wildman–Crippen MR) is 109 cm³/mol. The quantitative estimate of drug-likeness (QED) is 0.450. The van der Waals surface area contributed by atoms with Crippen LogP contribution in [0.5, 0.6) is 0 Å². The van der Waals surface area contributed by atoms with Crippen LogP contribution in [-0.2, 0) is 11.3 Å². The number of thioether (sulfide) groups is 1. The molecule has 0 spiro atoms. The first kappa shape index (κ1) is 20.3. The standard InChI is InChI=1S/C19H19ClFN5OS/c1-12(2)10-26-18(13-6-3-4-7-14(13)21)24-25-19(26)28-11-16(27)23-15-8-5-9-22-17(15)20/h3-9,12H,10-11H2,1-2H3,(H,23,27). The lowest BCUT2D eigenvalue weighted by Crippen LogP contribution is -2.15. The molecule has 0 aliphatic rings. The molecule has 3 rings (SSSR count). The van der Waals surface area contributed by atoms with Crippen molar-refractivity contribution < 1.29 is 9.18 Å². The maximum atomic E-state index is 14.2. The lowest BCUT2D eigenvalue weighted by molar-refractivity contribution is -0.113. The maximum Gasteiger partial charge on any atom is 0.234 e. The number of carbonyl (C=O) groups excluding carboxylic acids is 1. The molecule has 0 bridgehead atoms. The minimum atomic E-state index is -0.361. The van der Waals surface area contributed by atoms with Crippen molar-refractivity contribution in [2.75, 3.05) is 11.1 Å². The largest absolute Gasteiger partial charge is 0.323 e. The summed E-state index contributed by atoms with van der Waals surface area (Å²) >= 11 is 7.19. The van der Waals surface area contributed by atoms with E-state index in [-0.39, 0.29) is 22.6 Å². The van der Waals surface area contributed by atoms with Crippen LogP contribution < -0.4 is 5.32 Å². The lowest BCUT2D eigenvalue weighted by atomic mass is 10.2. The summed E-state index contributed by atoms with van der Waals surface area (Å²) in [4.78, 5) is 16.2. The molecule has 3 aromatic rings. The summed E-state index contributed by atoms with van der Waals surface area (Å²) in [6.45, 7) is 4.71. The zero-order valence-corrected chi connectivity index (χ0v) is 17.0. The van der Waals surface area contributed by atoms with Gasteiger partial charge in [-0.15, -0.1) is 10.2 Å². The average Bonchev–Trinajstić information content (AvgIpc) is 3.04. The molecule has 0 unspecified atom stereocenters. The van der Waals surface area contributed by atoms with Crippen molar-refractivity contribution in [2.45, 2.75) is 25.5 Å². The van der Waals surface area contributed by atoms with Gasteiger partial charge in [0, 0.05) is 12.7 Å². The summed E-state index contributed by atoms with van der Waals surface area (Å²) in [5, 5.41) is 11.8. The van der Waals surface area contributed by atoms with Crippen LogP contribution in [0, 0.1) is 11.7 Å². The number of hydrogen-bond donors (Lipinski definition) is 1. The van der Waals surface area contributed by atoms with Crippen molar-refractivity contribution in [3.05, 3.63) is 53.6 Å². The highest BCUT2D eigenvalue weighted by Gasteiger charge is 2.19. The number of rotatable bonds is 7. The molecule has 1 aromatic carbocycles. The smallest absolute Gasteiger partial charge is 0.234 e. The van der Waals surface area contributed by atoms with Crippen molar-refractivity contribution in [3.63, 3.8) is 0 Å². The van der Waals surface area contributed by atoms with Gasteiger partial charge in [0.15, 0.2) is 16.1 Å². The first-order valence-corrected chi connectivity index (χ1v) is 10.0. The van der Waals surface area contributed by atoms with Gasteiger partial charge in [-0.05, 0) is 30.2 Å². The monoisotopic (exact) mass is 419 g/mol. The molecular formula is C19H19ClFN5OS. The lowest BCUT2D eigenvalue weighted by Gasteiger charge is -2.13. The van der Waals surface area contributed by atoms with E-state index in [1.54, 1.807) is 36.5 Å². The van der Waals surface area contributed by atoms with Crippen molar-refractivity contribution in [1.82, 2.24) is 19.7 Å². The topological polar surface area (TPSA) is 72.7 Å². The molecule has 0 radical (unpaired) electrons. The van der Waals surface area contributed by atoms with Gasteiger partial charge >= 0.3 is 0 Å². The highest BCUT2D eigenvalue weighted by Crippen LogP contribution is 2.27. The van der Waals surface area contributed by atoms with E-state index in [1.165, 1.54) is 17.8 Å². The third-order valence-electron chi connectivity index (χ3n) is 3.74. The minimum Gasteiger partial charge on any atom is -0.323 e. The van der Waals surface area contributed by atoms with Gasteiger partial charge in [0.2, 0.25) is 5.91 Å². The number of aromatic nitrogens is 4. The minimum absolute atomic E-state index is 0.110. The fourth-order valence-corrected chi connectivity index (χ4v) is 3.48. The SMILES string of the molecule is CC(C)Cn1c(SCC(=O)Nc2cccnc2Cl)nnc1-c1ccccc1F. The molecule has 0 saturated carbocycles. The molecule has 0 atom stereocenters. The Hall–Kier alpha value is -2.45. The van der Waals surface area contributed by atoms with Gasteiger partial charge in [-0.1, -0.05) is 49.3 Å². The van der Waals surface area contributed by atoms with Crippen molar-refractivity contribution in [1.29, 1.82) is 0 Å². The summed E-state index contributed by atoms with van der Waals surface area (Å²) < 4.78 is 16.1. The summed E-state index contributed by atoms with van der Waals surface area (Å²) in [5.41, 5.74) is 0.833. The molecule has 1 N–H and O–H groups in total. The fourth-order valence-electron chi connectivity index (χ4n) is 2.56. The number of anilines is 1. The van der Waals surface area contributed by atoms with E-state index < -0.39 is 0 Å². The Morgan fingerprint density at radius 3 is 2.75 bits per heavy atom. The molecule has 0 aliphatic carbocycles. The van der Waals surface area contributed by atoms with E-state index >= 15 is 0 Å². The van der Waals surface area contributed by atoms with Crippen LogP contribution in [0.25, 0.3) is 11.4 Å². The number of hydrogen-bond acceptors (Lipinski definition) is 5. The number of halogens is 2. The van der Waals surface area contributed by atoms with E-state index in [9.17, 15) is 9.18 Å².